The van der Waals surface area contributed by atoms with Gasteiger partial charge in [-0.1, -0.05) is 41.4 Å². The number of carbonyl (C=O) groups excluding carboxylic acids is 1. The number of sulfonamides is 1. The Morgan fingerprint density at radius 1 is 1.22 bits per heavy atom. The molecule has 0 aromatic heterocycles. The standard InChI is InChI=1S/C19H23ClN2O4S/c1-13-7-9-17(10-8-13)27(25,26)21-18(14(2)23)19(24)22(3)12-15-5-4-6-16(20)11-15/h4-11,14,18,21,23H,12H2,1-3H3. The number of benzene rings is 2. The van der Waals surface area contributed by atoms with Crippen molar-refractivity contribution in [2.45, 2.75) is 37.4 Å². The van der Waals surface area contributed by atoms with Gasteiger partial charge in [0, 0.05) is 18.6 Å². The van der Waals surface area contributed by atoms with Gasteiger partial charge in [-0.2, -0.15) is 4.72 Å². The summed E-state index contributed by atoms with van der Waals surface area (Å²) in [5.74, 6) is -0.541. The fraction of sp³-hybridized carbons (Fsp3) is 0.316. The van der Waals surface area contributed by atoms with Crippen molar-refractivity contribution in [2.24, 2.45) is 0 Å². The maximum atomic E-state index is 12.7. The summed E-state index contributed by atoms with van der Waals surface area (Å²) in [7, 11) is -2.42. The molecule has 1 amide bonds. The highest BCUT2D eigenvalue weighted by Crippen LogP contribution is 2.15. The van der Waals surface area contributed by atoms with Crippen molar-refractivity contribution in [3.05, 3.63) is 64.7 Å². The summed E-state index contributed by atoms with van der Waals surface area (Å²) in [5, 5.41) is 10.5. The van der Waals surface area contributed by atoms with E-state index in [1.54, 1.807) is 37.4 Å². The molecule has 0 bridgehead atoms. The molecule has 27 heavy (non-hydrogen) atoms. The fourth-order valence-corrected chi connectivity index (χ4v) is 4.01. The number of nitrogens with one attached hydrogen (secondary N) is 1. The largest absolute Gasteiger partial charge is 0.391 e. The molecule has 2 aromatic carbocycles. The first-order valence-corrected chi connectivity index (χ1v) is 10.2. The lowest BCUT2D eigenvalue weighted by atomic mass is 10.1. The minimum atomic E-state index is -3.96. The van der Waals surface area contributed by atoms with Gasteiger partial charge >= 0.3 is 0 Å². The van der Waals surface area contributed by atoms with Crippen LogP contribution in [0.25, 0.3) is 0 Å². The van der Waals surface area contributed by atoms with Crippen LogP contribution in [0.1, 0.15) is 18.1 Å². The van der Waals surface area contributed by atoms with Crippen molar-refractivity contribution in [3.8, 4) is 0 Å². The number of amides is 1. The lowest BCUT2D eigenvalue weighted by Crippen LogP contribution is -2.52. The number of aliphatic hydroxyl groups excluding tert-OH is 1. The fourth-order valence-electron chi connectivity index (χ4n) is 2.53. The molecule has 0 aliphatic carbocycles. The van der Waals surface area contributed by atoms with E-state index in [-0.39, 0.29) is 11.4 Å². The number of likely N-dealkylation sites (N-methyl/N-ethyl adjacent to an activating group) is 1. The van der Waals surface area contributed by atoms with Crippen LogP contribution in [0.4, 0.5) is 0 Å². The molecule has 2 atom stereocenters. The Labute approximate surface area is 164 Å². The summed E-state index contributed by atoms with van der Waals surface area (Å²) in [6.07, 6.45) is -1.21. The summed E-state index contributed by atoms with van der Waals surface area (Å²) >= 11 is 5.95. The third-order valence-corrected chi connectivity index (χ3v) is 5.74. The molecule has 2 N–H and O–H groups in total. The zero-order valence-corrected chi connectivity index (χ0v) is 17.0. The SMILES string of the molecule is Cc1ccc(S(=O)(=O)NC(C(=O)N(C)Cc2cccc(Cl)c2)C(C)O)cc1. The molecule has 0 saturated carbocycles. The highest BCUT2D eigenvalue weighted by Gasteiger charge is 2.31. The summed E-state index contributed by atoms with van der Waals surface area (Å²) in [6.45, 7) is 3.44. The zero-order chi connectivity index (χ0) is 20.2. The van der Waals surface area contributed by atoms with Crippen LogP contribution < -0.4 is 4.72 Å². The van der Waals surface area contributed by atoms with Crippen molar-refractivity contribution in [3.63, 3.8) is 0 Å². The van der Waals surface area contributed by atoms with Crippen LogP contribution >= 0.6 is 11.6 Å². The number of halogens is 1. The average Bonchev–Trinajstić information content (AvgIpc) is 2.59. The number of carbonyl (C=O) groups is 1. The van der Waals surface area contributed by atoms with Crippen LogP contribution in [0.15, 0.2) is 53.4 Å². The van der Waals surface area contributed by atoms with Crippen molar-refractivity contribution >= 4 is 27.5 Å². The Morgan fingerprint density at radius 3 is 2.41 bits per heavy atom. The minimum absolute atomic E-state index is 0.0315. The van der Waals surface area contributed by atoms with Crippen molar-refractivity contribution < 1.29 is 18.3 Å². The number of hydrogen-bond acceptors (Lipinski definition) is 4. The topological polar surface area (TPSA) is 86.7 Å². The van der Waals surface area contributed by atoms with E-state index in [9.17, 15) is 18.3 Å². The number of aryl methyl sites for hydroxylation is 1. The molecular weight excluding hydrogens is 388 g/mol. The second-order valence-electron chi connectivity index (χ2n) is 6.48. The maximum absolute atomic E-state index is 12.7. The van der Waals surface area contributed by atoms with Gasteiger partial charge in [-0.3, -0.25) is 4.79 Å². The molecule has 0 aliphatic rings. The lowest BCUT2D eigenvalue weighted by Gasteiger charge is -2.26. The third-order valence-electron chi connectivity index (χ3n) is 4.05. The molecule has 8 heteroatoms. The molecule has 2 aromatic rings. The second-order valence-corrected chi connectivity index (χ2v) is 8.63. The van der Waals surface area contributed by atoms with Crippen molar-refractivity contribution in [2.75, 3.05) is 7.05 Å². The molecule has 0 spiro atoms. The van der Waals surface area contributed by atoms with Crippen molar-refractivity contribution in [1.82, 2.24) is 9.62 Å². The van der Waals surface area contributed by atoms with E-state index in [0.717, 1.165) is 11.1 Å². The number of aliphatic hydroxyl groups is 1. The third kappa shape index (κ3) is 5.77. The monoisotopic (exact) mass is 410 g/mol. The van der Waals surface area contributed by atoms with Crippen molar-refractivity contribution in [1.29, 1.82) is 0 Å². The van der Waals surface area contributed by atoms with Crippen LogP contribution in [-0.2, 0) is 21.4 Å². The highest BCUT2D eigenvalue weighted by molar-refractivity contribution is 7.89. The van der Waals surface area contributed by atoms with E-state index in [0.29, 0.717) is 5.02 Å². The first-order chi connectivity index (χ1) is 12.6. The van der Waals surface area contributed by atoms with E-state index in [1.807, 2.05) is 13.0 Å². The van der Waals surface area contributed by atoms with E-state index in [2.05, 4.69) is 4.72 Å². The first-order valence-electron chi connectivity index (χ1n) is 8.36. The Bertz CT molecular complexity index is 898. The second kappa shape index (κ2) is 8.84. The molecule has 0 heterocycles. The molecule has 0 fully saturated rings. The first kappa shape index (κ1) is 21.4. The number of hydrogen-bond donors (Lipinski definition) is 2. The van der Waals surface area contributed by atoms with Gasteiger partial charge in [0.2, 0.25) is 15.9 Å². The van der Waals surface area contributed by atoms with E-state index >= 15 is 0 Å². The predicted molar refractivity (Wildman–Crippen MR) is 105 cm³/mol. The minimum Gasteiger partial charge on any atom is -0.391 e. The molecule has 146 valence electrons. The van der Waals surface area contributed by atoms with Crippen LogP contribution in [0.2, 0.25) is 5.02 Å². The van der Waals surface area contributed by atoms with Gasteiger partial charge in [-0.05, 0) is 43.7 Å². The predicted octanol–water partition coefficient (Wildman–Crippen LogP) is 2.33. The smallest absolute Gasteiger partial charge is 0.243 e. The Morgan fingerprint density at radius 2 is 1.85 bits per heavy atom. The van der Waals surface area contributed by atoms with Gasteiger partial charge in [0.25, 0.3) is 0 Å². The van der Waals surface area contributed by atoms with Gasteiger partial charge in [0.05, 0.1) is 11.0 Å². The molecule has 0 aliphatic heterocycles. The molecule has 6 nitrogen and oxygen atoms in total. The quantitative estimate of drug-likeness (QED) is 0.733. The summed E-state index contributed by atoms with van der Waals surface area (Å²) in [5.41, 5.74) is 1.71. The van der Waals surface area contributed by atoms with Gasteiger partial charge in [0.1, 0.15) is 6.04 Å². The summed E-state index contributed by atoms with van der Waals surface area (Å²) in [6, 6.07) is 12.0. The van der Waals surface area contributed by atoms with E-state index < -0.39 is 28.1 Å². The van der Waals surface area contributed by atoms with Gasteiger partial charge in [-0.25, -0.2) is 8.42 Å². The highest BCUT2D eigenvalue weighted by atomic mass is 35.5. The molecule has 0 saturated heterocycles. The Hall–Kier alpha value is -1.93. The van der Waals surface area contributed by atoms with Crippen LogP contribution in [0.3, 0.4) is 0 Å². The molecular formula is C19H23ClN2O4S. The van der Waals surface area contributed by atoms with Crippen LogP contribution in [0.5, 0.6) is 0 Å². The molecule has 2 unspecified atom stereocenters. The summed E-state index contributed by atoms with van der Waals surface area (Å²) in [4.78, 5) is 14.1. The van der Waals surface area contributed by atoms with Crippen LogP contribution in [0, 0.1) is 6.92 Å². The van der Waals surface area contributed by atoms with E-state index in [4.69, 9.17) is 11.6 Å². The number of rotatable bonds is 7. The van der Waals surface area contributed by atoms with Gasteiger partial charge in [0.15, 0.2) is 0 Å². The normalized spacial score (nSPS) is 13.8. The summed E-state index contributed by atoms with van der Waals surface area (Å²) < 4.78 is 27.5. The van der Waals surface area contributed by atoms with Crippen LogP contribution in [-0.4, -0.2) is 43.5 Å². The Balaban J connectivity index is 2.18. The van der Waals surface area contributed by atoms with E-state index in [1.165, 1.54) is 24.0 Å². The zero-order valence-electron chi connectivity index (χ0n) is 15.4. The molecule has 2 rings (SSSR count). The van der Waals surface area contributed by atoms with Gasteiger partial charge in [-0.15, -0.1) is 0 Å². The molecule has 0 radical (unpaired) electrons. The average molecular weight is 411 g/mol. The Kier molecular flexibility index (Phi) is 7.00. The maximum Gasteiger partial charge on any atom is 0.243 e. The lowest BCUT2D eigenvalue weighted by molar-refractivity contribution is -0.134. The number of nitrogens with zero attached hydrogens (tertiary/aromatic N) is 1. The van der Waals surface area contributed by atoms with Gasteiger partial charge < -0.3 is 10.0 Å².